The summed E-state index contributed by atoms with van der Waals surface area (Å²) in [6.07, 6.45) is -4.08. The largest absolute Gasteiger partial charge is 0.417 e. The molecule has 1 saturated heterocycles. The highest BCUT2D eigenvalue weighted by atomic mass is 35.5. The second kappa shape index (κ2) is 6.12. The maximum Gasteiger partial charge on any atom is 0.417 e. The average Bonchev–Trinajstić information content (AvgIpc) is 2.66. The molecule has 9 heteroatoms. The van der Waals surface area contributed by atoms with Crippen LogP contribution in [-0.4, -0.2) is 38.9 Å². The first-order chi connectivity index (χ1) is 9.73. The Balaban J connectivity index is 2.40. The van der Waals surface area contributed by atoms with E-state index in [1.807, 2.05) is 0 Å². The molecule has 0 saturated carbocycles. The van der Waals surface area contributed by atoms with Crippen LogP contribution in [0.3, 0.4) is 0 Å². The Kier molecular flexibility index (Phi) is 4.82. The highest BCUT2D eigenvalue weighted by Gasteiger charge is 2.35. The lowest BCUT2D eigenvalue weighted by Gasteiger charge is -2.20. The molecule has 1 aliphatic rings. The van der Waals surface area contributed by atoms with Gasteiger partial charge in [0.15, 0.2) is 0 Å². The number of hydrogen-bond donors (Lipinski definition) is 1. The normalized spacial score (nSPS) is 18.5. The fourth-order valence-electron chi connectivity index (χ4n) is 2.09. The molecule has 21 heavy (non-hydrogen) atoms. The highest BCUT2D eigenvalue weighted by molar-refractivity contribution is 7.89. The number of sulfonamides is 1. The van der Waals surface area contributed by atoms with E-state index in [9.17, 15) is 21.6 Å². The SMILES string of the molecule is O=S(=O)(c1ccc(Cl)c(C(F)(F)F)c1)N1CCCNCC1. The van der Waals surface area contributed by atoms with Crippen LogP contribution in [0.15, 0.2) is 23.1 Å². The number of hydrogen-bond acceptors (Lipinski definition) is 3. The van der Waals surface area contributed by atoms with Crippen molar-refractivity contribution in [2.45, 2.75) is 17.5 Å². The molecule has 0 aromatic heterocycles. The first-order valence-electron chi connectivity index (χ1n) is 6.30. The summed E-state index contributed by atoms with van der Waals surface area (Å²) in [5, 5.41) is 2.52. The minimum absolute atomic E-state index is 0.228. The summed E-state index contributed by atoms with van der Waals surface area (Å²) in [5.41, 5.74) is -1.14. The Hall–Kier alpha value is -0.830. The van der Waals surface area contributed by atoms with Crippen LogP contribution >= 0.6 is 11.6 Å². The Bertz CT molecular complexity index is 611. The minimum Gasteiger partial charge on any atom is -0.315 e. The van der Waals surface area contributed by atoms with E-state index in [0.29, 0.717) is 25.6 Å². The van der Waals surface area contributed by atoms with Crippen LogP contribution in [0.4, 0.5) is 13.2 Å². The van der Waals surface area contributed by atoms with Gasteiger partial charge in [0.2, 0.25) is 10.0 Å². The van der Waals surface area contributed by atoms with E-state index >= 15 is 0 Å². The Morgan fingerprint density at radius 3 is 2.57 bits per heavy atom. The summed E-state index contributed by atoms with van der Waals surface area (Å²) in [6.45, 7) is 1.66. The molecule has 0 atom stereocenters. The Morgan fingerprint density at radius 2 is 1.90 bits per heavy atom. The quantitative estimate of drug-likeness (QED) is 0.897. The van der Waals surface area contributed by atoms with E-state index < -0.39 is 26.8 Å². The number of rotatable bonds is 2. The van der Waals surface area contributed by atoms with Gasteiger partial charge in [0, 0.05) is 19.6 Å². The van der Waals surface area contributed by atoms with Gasteiger partial charge >= 0.3 is 6.18 Å². The third kappa shape index (κ3) is 3.68. The predicted octanol–water partition coefficient (Wildman–Crippen LogP) is 2.34. The van der Waals surface area contributed by atoms with Gasteiger partial charge in [0.1, 0.15) is 0 Å². The van der Waals surface area contributed by atoms with Gasteiger partial charge in [-0.25, -0.2) is 8.42 Å². The maximum atomic E-state index is 12.8. The topological polar surface area (TPSA) is 49.4 Å². The molecule has 1 aromatic rings. The third-order valence-electron chi connectivity index (χ3n) is 3.18. The Morgan fingerprint density at radius 1 is 1.19 bits per heavy atom. The zero-order chi connectivity index (χ0) is 15.7. The van der Waals surface area contributed by atoms with Crippen molar-refractivity contribution in [3.63, 3.8) is 0 Å². The highest BCUT2D eigenvalue weighted by Crippen LogP contribution is 2.36. The van der Waals surface area contributed by atoms with Gasteiger partial charge in [0.25, 0.3) is 0 Å². The van der Waals surface area contributed by atoms with Crippen LogP contribution in [0.25, 0.3) is 0 Å². The molecule has 0 amide bonds. The molecular weight excluding hydrogens is 329 g/mol. The van der Waals surface area contributed by atoms with E-state index in [4.69, 9.17) is 11.6 Å². The minimum atomic E-state index is -4.69. The summed E-state index contributed by atoms with van der Waals surface area (Å²) < 4.78 is 64.5. The molecule has 1 heterocycles. The van der Waals surface area contributed by atoms with Crippen molar-refractivity contribution in [2.24, 2.45) is 0 Å². The number of halogens is 4. The van der Waals surface area contributed by atoms with Crippen LogP contribution in [0.5, 0.6) is 0 Å². The van der Waals surface area contributed by atoms with E-state index in [0.717, 1.165) is 12.1 Å². The summed E-state index contributed by atoms with van der Waals surface area (Å²) in [6, 6.07) is 2.66. The summed E-state index contributed by atoms with van der Waals surface area (Å²) in [4.78, 5) is -0.388. The van der Waals surface area contributed by atoms with E-state index in [2.05, 4.69) is 5.32 Å². The summed E-state index contributed by atoms with van der Waals surface area (Å²) in [5.74, 6) is 0. The second-order valence-corrected chi connectivity index (χ2v) is 6.99. The van der Waals surface area contributed by atoms with E-state index in [-0.39, 0.29) is 18.0 Å². The molecule has 4 nitrogen and oxygen atoms in total. The molecule has 0 unspecified atom stereocenters. The standard InChI is InChI=1S/C12H14ClF3N2O2S/c13-11-3-2-9(8-10(11)12(14,15)16)21(19,20)18-6-1-4-17-5-7-18/h2-3,8,17H,1,4-7H2. The van der Waals surface area contributed by atoms with Crippen LogP contribution in [0, 0.1) is 0 Å². The van der Waals surface area contributed by atoms with Crippen LogP contribution in [0.1, 0.15) is 12.0 Å². The van der Waals surface area contributed by atoms with Gasteiger partial charge in [-0.15, -0.1) is 0 Å². The molecule has 0 aliphatic carbocycles. The zero-order valence-corrected chi connectivity index (χ0v) is 12.5. The molecule has 118 valence electrons. The fraction of sp³-hybridized carbons (Fsp3) is 0.500. The van der Waals surface area contributed by atoms with Gasteiger partial charge in [-0.05, 0) is 31.2 Å². The van der Waals surface area contributed by atoms with Crippen molar-refractivity contribution < 1.29 is 21.6 Å². The van der Waals surface area contributed by atoms with Gasteiger partial charge < -0.3 is 5.32 Å². The van der Waals surface area contributed by atoms with Crippen LogP contribution < -0.4 is 5.32 Å². The van der Waals surface area contributed by atoms with Crippen LogP contribution in [-0.2, 0) is 16.2 Å². The monoisotopic (exact) mass is 342 g/mol. The molecule has 1 aliphatic heterocycles. The molecular formula is C12H14ClF3N2O2S. The first kappa shape index (κ1) is 16.5. The molecule has 1 aromatic carbocycles. The lowest BCUT2D eigenvalue weighted by molar-refractivity contribution is -0.137. The fourth-order valence-corrected chi connectivity index (χ4v) is 3.82. The summed E-state index contributed by atoms with van der Waals surface area (Å²) in [7, 11) is -3.95. The van der Waals surface area contributed by atoms with Crippen LogP contribution in [0.2, 0.25) is 5.02 Å². The average molecular weight is 343 g/mol. The van der Waals surface area contributed by atoms with Crippen molar-refractivity contribution in [1.82, 2.24) is 9.62 Å². The number of alkyl halides is 3. The smallest absolute Gasteiger partial charge is 0.315 e. The van der Waals surface area contributed by atoms with Gasteiger partial charge in [-0.1, -0.05) is 11.6 Å². The zero-order valence-electron chi connectivity index (χ0n) is 11.0. The lowest BCUT2D eigenvalue weighted by Crippen LogP contribution is -2.34. The van der Waals surface area contributed by atoms with Crippen molar-refractivity contribution in [3.8, 4) is 0 Å². The van der Waals surface area contributed by atoms with Gasteiger partial charge in [-0.3, -0.25) is 0 Å². The van der Waals surface area contributed by atoms with E-state index in [1.54, 1.807) is 0 Å². The van der Waals surface area contributed by atoms with Crippen molar-refractivity contribution in [2.75, 3.05) is 26.2 Å². The predicted molar refractivity (Wildman–Crippen MR) is 72.7 cm³/mol. The maximum absolute atomic E-state index is 12.8. The lowest BCUT2D eigenvalue weighted by atomic mass is 10.2. The van der Waals surface area contributed by atoms with Crippen molar-refractivity contribution in [3.05, 3.63) is 28.8 Å². The van der Waals surface area contributed by atoms with Crippen molar-refractivity contribution in [1.29, 1.82) is 0 Å². The van der Waals surface area contributed by atoms with Gasteiger partial charge in [-0.2, -0.15) is 17.5 Å². The van der Waals surface area contributed by atoms with E-state index in [1.165, 1.54) is 4.31 Å². The van der Waals surface area contributed by atoms with Gasteiger partial charge in [0.05, 0.1) is 15.5 Å². The second-order valence-electron chi connectivity index (χ2n) is 4.65. The number of benzene rings is 1. The third-order valence-corrected chi connectivity index (χ3v) is 5.40. The van der Waals surface area contributed by atoms with Crippen molar-refractivity contribution >= 4 is 21.6 Å². The molecule has 1 fully saturated rings. The number of nitrogens with one attached hydrogen (secondary N) is 1. The molecule has 0 spiro atoms. The molecule has 1 N–H and O–H groups in total. The first-order valence-corrected chi connectivity index (χ1v) is 8.12. The molecule has 0 radical (unpaired) electrons. The molecule has 0 bridgehead atoms. The molecule has 2 rings (SSSR count). The number of nitrogens with zero attached hydrogens (tertiary/aromatic N) is 1. The Labute approximate surface area is 125 Å². The summed E-state index contributed by atoms with van der Waals surface area (Å²) >= 11 is 5.50.